The largest absolute Gasteiger partial charge is 0.462 e. The van der Waals surface area contributed by atoms with Gasteiger partial charge in [0.25, 0.3) is 0 Å². The molecule has 0 spiro atoms. The van der Waals surface area contributed by atoms with Crippen LogP contribution in [0.1, 0.15) is 13.8 Å². The van der Waals surface area contributed by atoms with Crippen molar-refractivity contribution in [2.24, 2.45) is 0 Å². The minimum Gasteiger partial charge on any atom is -0.462 e. The molecule has 0 aromatic heterocycles. The van der Waals surface area contributed by atoms with E-state index in [1.165, 1.54) is 6.08 Å². The van der Waals surface area contributed by atoms with Gasteiger partial charge in [-0.3, -0.25) is 4.21 Å². The van der Waals surface area contributed by atoms with Crippen molar-refractivity contribution in [2.75, 3.05) is 18.1 Å². The molecular formula is C8H14O3S. The molecule has 0 saturated carbocycles. The fourth-order valence-electron chi connectivity index (χ4n) is 0.564. The van der Waals surface area contributed by atoms with Crippen LogP contribution in [-0.2, 0) is 20.3 Å². The van der Waals surface area contributed by atoms with E-state index in [4.69, 9.17) is 4.74 Å². The Bertz CT molecular complexity index is 187. The van der Waals surface area contributed by atoms with Crippen LogP contribution in [-0.4, -0.2) is 28.3 Å². The van der Waals surface area contributed by atoms with Crippen molar-refractivity contribution in [1.82, 2.24) is 0 Å². The Morgan fingerprint density at radius 3 is 2.75 bits per heavy atom. The van der Waals surface area contributed by atoms with Crippen molar-refractivity contribution in [3.8, 4) is 0 Å². The second-order valence-electron chi connectivity index (χ2n) is 2.10. The van der Waals surface area contributed by atoms with Gasteiger partial charge in [-0.2, -0.15) is 0 Å². The SMILES string of the molecule is CC=CC(=O)OCCS(=O)CC. The summed E-state index contributed by atoms with van der Waals surface area (Å²) in [6, 6.07) is 0. The molecule has 1 unspecified atom stereocenters. The van der Waals surface area contributed by atoms with E-state index in [9.17, 15) is 9.00 Å². The van der Waals surface area contributed by atoms with Gasteiger partial charge in [0, 0.05) is 22.6 Å². The number of hydrogen-bond donors (Lipinski definition) is 0. The Labute approximate surface area is 75.3 Å². The smallest absolute Gasteiger partial charge is 0.330 e. The van der Waals surface area contributed by atoms with Crippen LogP contribution in [0.5, 0.6) is 0 Å². The van der Waals surface area contributed by atoms with Crippen molar-refractivity contribution in [1.29, 1.82) is 0 Å². The van der Waals surface area contributed by atoms with Gasteiger partial charge < -0.3 is 4.74 Å². The molecule has 0 aliphatic rings. The summed E-state index contributed by atoms with van der Waals surface area (Å²) in [5.41, 5.74) is 0. The van der Waals surface area contributed by atoms with Crippen LogP contribution in [0.3, 0.4) is 0 Å². The molecule has 0 aromatic carbocycles. The number of ether oxygens (including phenoxy) is 1. The zero-order valence-electron chi connectivity index (χ0n) is 7.41. The molecule has 70 valence electrons. The van der Waals surface area contributed by atoms with Crippen LogP contribution in [0.15, 0.2) is 12.2 Å². The summed E-state index contributed by atoms with van der Waals surface area (Å²) in [6.45, 7) is 3.82. The van der Waals surface area contributed by atoms with Crippen LogP contribution in [0.25, 0.3) is 0 Å². The van der Waals surface area contributed by atoms with Gasteiger partial charge in [0.05, 0.1) is 5.75 Å². The predicted octanol–water partition coefficient (Wildman–Crippen LogP) is 0.874. The molecule has 0 N–H and O–H groups in total. The maximum atomic E-state index is 10.9. The van der Waals surface area contributed by atoms with Crippen LogP contribution >= 0.6 is 0 Å². The zero-order chi connectivity index (χ0) is 9.40. The van der Waals surface area contributed by atoms with Gasteiger partial charge >= 0.3 is 5.97 Å². The molecule has 0 amide bonds. The lowest BCUT2D eigenvalue weighted by molar-refractivity contribution is -0.137. The van der Waals surface area contributed by atoms with Crippen molar-refractivity contribution >= 4 is 16.8 Å². The third-order valence-corrected chi connectivity index (χ3v) is 2.45. The van der Waals surface area contributed by atoms with Gasteiger partial charge in [-0.25, -0.2) is 4.79 Å². The molecule has 0 rings (SSSR count). The maximum absolute atomic E-state index is 10.9. The Balaban J connectivity index is 3.43. The van der Waals surface area contributed by atoms with Crippen LogP contribution in [0.2, 0.25) is 0 Å². The molecule has 0 aromatic rings. The molecule has 1 atom stereocenters. The highest BCUT2D eigenvalue weighted by Gasteiger charge is 1.98. The Morgan fingerprint density at radius 2 is 2.25 bits per heavy atom. The van der Waals surface area contributed by atoms with Gasteiger partial charge in [0.2, 0.25) is 0 Å². The molecule has 0 heterocycles. The van der Waals surface area contributed by atoms with Crippen LogP contribution in [0, 0.1) is 0 Å². The second-order valence-corrected chi connectivity index (χ2v) is 3.97. The topological polar surface area (TPSA) is 43.4 Å². The van der Waals surface area contributed by atoms with Gasteiger partial charge in [0.15, 0.2) is 0 Å². The highest BCUT2D eigenvalue weighted by Crippen LogP contribution is 1.85. The first kappa shape index (κ1) is 11.4. The standard InChI is InChI=1S/C8H14O3S/c1-3-5-8(9)11-6-7-12(10)4-2/h3,5H,4,6-7H2,1-2H3. The molecule has 4 heteroatoms. The molecule has 0 aliphatic heterocycles. The summed E-state index contributed by atoms with van der Waals surface area (Å²) in [6.07, 6.45) is 2.95. The summed E-state index contributed by atoms with van der Waals surface area (Å²) in [5, 5.41) is 0. The second kappa shape index (κ2) is 7.03. The molecule has 0 radical (unpaired) electrons. The first-order chi connectivity index (χ1) is 5.70. The maximum Gasteiger partial charge on any atom is 0.330 e. The lowest BCUT2D eigenvalue weighted by Crippen LogP contribution is -2.10. The molecular weight excluding hydrogens is 176 g/mol. The quantitative estimate of drug-likeness (QED) is 0.477. The highest BCUT2D eigenvalue weighted by molar-refractivity contribution is 7.84. The lowest BCUT2D eigenvalue weighted by atomic mass is 10.5. The van der Waals surface area contributed by atoms with E-state index in [1.807, 2.05) is 6.92 Å². The Morgan fingerprint density at radius 1 is 1.58 bits per heavy atom. The average Bonchev–Trinajstić information content (AvgIpc) is 2.04. The molecule has 12 heavy (non-hydrogen) atoms. The summed E-state index contributed by atoms with van der Waals surface area (Å²) < 4.78 is 15.6. The van der Waals surface area contributed by atoms with Crippen molar-refractivity contribution in [3.05, 3.63) is 12.2 Å². The summed E-state index contributed by atoms with van der Waals surface area (Å²) in [5.74, 6) is 0.673. The molecule has 0 aliphatic carbocycles. The minimum atomic E-state index is -0.849. The van der Waals surface area contributed by atoms with E-state index >= 15 is 0 Å². The number of rotatable bonds is 5. The summed E-state index contributed by atoms with van der Waals surface area (Å²) in [7, 11) is -0.849. The van der Waals surface area contributed by atoms with E-state index in [-0.39, 0.29) is 12.6 Å². The van der Waals surface area contributed by atoms with E-state index < -0.39 is 10.8 Å². The van der Waals surface area contributed by atoms with E-state index in [0.29, 0.717) is 11.5 Å². The normalized spacial score (nSPS) is 13.2. The predicted molar refractivity (Wildman–Crippen MR) is 49.3 cm³/mol. The van der Waals surface area contributed by atoms with E-state index in [0.717, 1.165) is 0 Å². The molecule has 0 fully saturated rings. The van der Waals surface area contributed by atoms with Gasteiger partial charge in [-0.15, -0.1) is 0 Å². The van der Waals surface area contributed by atoms with Gasteiger partial charge in [0.1, 0.15) is 6.61 Å². The monoisotopic (exact) mass is 190 g/mol. The Kier molecular flexibility index (Phi) is 6.66. The third kappa shape index (κ3) is 6.09. The van der Waals surface area contributed by atoms with E-state index in [1.54, 1.807) is 13.0 Å². The number of carbonyl (C=O) groups excluding carboxylic acids is 1. The molecule has 0 saturated heterocycles. The first-order valence-corrected chi connectivity index (χ1v) is 5.34. The van der Waals surface area contributed by atoms with Crippen molar-refractivity contribution in [3.63, 3.8) is 0 Å². The number of hydrogen-bond acceptors (Lipinski definition) is 3. The number of esters is 1. The third-order valence-electron chi connectivity index (χ3n) is 1.18. The fourth-order valence-corrected chi connectivity index (χ4v) is 1.12. The zero-order valence-corrected chi connectivity index (χ0v) is 8.23. The summed E-state index contributed by atoms with van der Waals surface area (Å²) >= 11 is 0. The van der Waals surface area contributed by atoms with Gasteiger partial charge in [-0.1, -0.05) is 13.0 Å². The fraction of sp³-hybridized carbons (Fsp3) is 0.625. The lowest BCUT2D eigenvalue weighted by Gasteiger charge is -1.99. The Hall–Kier alpha value is -0.640. The minimum absolute atomic E-state index is 0.240. The molecule has 0 bridgehead atoms. The van der Waals surface area contributed by atoms with E-state index in [2.05, 4.69) is 0 Å². The first-order valence-electron chi connectivity index (χ1n) is 3.85. The number of carbonyl (C=O) groups is 1. The van der Waals surface area contributed by atoms with Crippen LogP contribution in [0.4, 0.5) is 0 Å². The van der Waals surface area contributed by atoms with Crippen LogP contribution < -0.4 is 0 Å². The average molecular weight is 190 g/mol. The highest BCUT2D eigenvalue weighted by atomic mass is 32.2. The number of allylic oxidation sites excluding steroid dienone is 1. The molecule has 3 nitrogen and oxygen atoms in total. The van der Waals surface area contributed by atoms with Crippen molar-refractivity contribution < 1.29 is 13.7 Å². The summed E-state index contributed by atoms with van der Waals surface area (Å²) in [4.78, 5) is 10.7. The van der Waals surface area contributed by atoms with Crippen molar-refractivity contribution in [2.45, 2.75) is 13.8 Å². The van der Waals surface area contributed by atoms with Gasteiger partial charge in [-0.05, 0) is 6.92 Å².